The van der Waals surface area contributed by atoms with Crippen LogP contribution >= 0.6 is 40.7 Å². The van der Waals surface area contributed by atoms with Gasteiger partial charge >= 0.3 is 0 Å². The minimum absolute atomic E-state index is 0. The molecule has 2 atom stereocenters. The number of benzene rings is 1. The molecule has 1 aliphatic rings. The minimum atomic E-state index is -0.183. The molecule has 3 rings (SSSR count). The number of halogens is 3. The van der Waals surface area contributed by atoms with Crippen molar-refractivity contribution in [2.24, 2.45) is 0 Å². The molecule has 0 saturated carbocycles. The van der Waals surface area contributed by atoms with Crippen LogP contribution in [0.4, 0.5) is 0 Å². The van der Waals surface area contributed by atoms with Crippen LogP contribution in [0.3, 0.4) is 0 Å². The van der Waals surface area contributed by atoms with E-state index in [4.69, 9.17) is 0 Å². The van der Waals surface area contributed by atoms with E-state index in [9.17, 15) is 5.11 Å². The molecular formula is C15H22BrCl2N3O. The van der Waals surface area contributed by atoms with Gasteiger partial charge in [0.15, 0.2) is 0 Å². The summed E-state index contributed by atoms with van der Waals surface area (Å²) in [7, 11) is 0. The van der Waals surface area contributed by atoms with Gasteiger partial charge in [-0.25, -0.2) is 4.98 Å². The van der Waals surface area contributed by atoms with E-state index >= 15 is 0 Å². The number of aromatic nitrogens is 2. The molecule has 0 radical (unpaired) electrons. The summed E-state index contributed by atoms with van der Waals surface area (Å²) in [6, 6.07) is 6.41. The van der Waals surface area contributed by atoms with Crippen LogP contribution < -0.4 is 5.32 Å². The normalized spacial score (nSPS) is 21.2. The fourth-order valence-electron chi connectivity index (χ4n) is 2.92. The molecule has 4 nitrogen and oxygen atoms in total. The summed E-state index contributed by atoms with van der Waals surface area (Å²) in [5, 5.41) is 13.4. The first-order valence-electron chi connectivity index (χ1n) is 7.26. The lowest BCUT2D eigenvalue weighted by Gasteiger charge is -2.29. The number of hydrogen-bond acceptors (Lipinski definition) is 3. The van der Waals surface area contributed by atoms with Crippen LogP contribution in [0.1, 0.15) is 25.7 Å². The maximum atomic E-state index is 9.95. The molecule has 124 valence electrons. The van der Waals surface area contributed by atoms with E-state index in [0.29, 0.717) is 0 Å². The van der Waals surface area contributed by atoms with Gasteiger partial charge in [-0.2, -0.15) is 0 Å². The van der Waals surface area contributed by atoms with E-state index in [1.54, 1.807) is 0 Å². The lowest BCUT2D eigenvalue weighted by atomic mass is 9.97. The monoisotopic (exact) mass is 409 g/mol. The van der Waals surface area contributed by atoms with Gasteiger partial charge in [-0.15, -0.1) is 24.8 Å². The fourth-order valence-corrected chi connectivity index (χ4v) is 3.27. The zero-order valence-corrected chi connectivity index (χ0v) is 15.5. The largest absolute Gasteiger partial charge is 0.392 e. The van der Waals surface area contributed by atoms with Crippen LogP contribution in [0, 0.1) is 0 Å². The number of aliphatic hydroxyl groups excluding tert-OH is 1. The van der Waals surface area contributed by atoms with Crippen molar-refractivity contribution in [1.29, 1.82) is 0 Å². The highest BCUT2D eigenvalue weighted by Gasteiger charge is 2.21. The Morgan fingerprint density at radius 3 is 2.95 bits per heavy atom. The number of aryl methyl sites for hydroxylation is 1. The molecule has 1 aliphatic heterocycles. The Kier molecular flexibility index (Phi) is 8.14. The van der Waals surface area contributed by atoms with E-state index in [-0.39, 0.29) is 37.0 Å². The molecule has 0 spiro atoms. The number of nitrogens with zero attached hydrogens (tertiary/aromatic N) is 2. The number of rotatable bonds is 4. The maximum Gasteiger partial charge on any atom is 0.0958 e. The molecule has 22 heavy (non-hydrogen) atoms. The number of nitrogens with one attached hydrogen (secondary N) is 1. The Morgan fingerprint density at radius 1 is 1.36 bits per heavy atom. The standard InChI is InChI=1S/C15H20BrN3O.2ClH/c16-11-5-6-12-14(9-11)19(10-18-12)8-2-3-13-15(20)4-1-7-17-13;;/h5-6,9-10,13,15,17,20H,1-4,7-8H2;2*1H/t13-,15+;;/m1../s1. The molecule has 2 heterocycles. The first-order chi connectivity index (χ1) is 9.74. The van der Waals surface area contributed by atoms with Crippen LogP contribution in [0.5, 0.6) is 0 Å². The smallest absolute Gasteiger partial charge is 0.0958 e. The molecule has 7 heteroatoms. The topological polar surface area (TPSA) is 50.1 Å². The van der Waals surface area contributed by atoms with Gasteiger partial charge in [0.2, 0.25) is 0 Å². The summed E-state index contributed by atoms with van der Waals surface area (Å²) in [6.45, 7) is 1.97. The third-order valence-electron chi connectivity index (χ3n) is 4.04. The first kappa shape index (κ1) is 19.7. The minimum Gasteiger partial charge on any atom is -0.392 e. The summed E-state index contributed by atoms with van der Waals surface area (Å²) < 4.78 is 3.27. The molecule has 1 aromatic carbocycles. The van der Waals surface area contributed by atoms with Crippen molar-refractivity contribution in [3.05, 3.63) is 29.0 Å². The SMILES string of the molecule is Cl.Cl.O[C@H]1CCCN[C@@H]1CCCn1cnc2ccc(Br)cc21. The molecular weight excluding hydrogens is 389 g/mol. The van der Waals surface area contributed by atoms with E-state index < -0.39 is 0 Å². The number of fused-ring (bicyclic) bond motifs is 1. The molecule has 2 aromatic rings. The van der Waals surface area contributed by atoms with Gasteiger partial charge in [-0.3, -0.25) is 0 Å². The van der Waals surface area contributed by atoms with Gasteiger partial charge in [0.05, 0.1) is 23.5 Å². The van der Waals surface area contributed by atoms with Crippen LogP contribution in [0.25, 0.3) is 11.0 Å². The Morgan fingerprint density at radius 2 is 2.18 bits per heavy atom. The van der Waals surface area contributed by atoms with Crippen LogP contribution in [-0.2, 0) is 6.54 Å². The summed E-state index contributed by atoms with van der Waals surface area (Å²) in [4.78, 5) is 4.42. The van der Waals surface area contributed by atoms with Crippen LogP contribution in [0.2, 0.25) is 0 Å². The molecule has 1 saturated heterocycles. The molecule has 1 fully saturated rings. The van der Waals surface area contributed by atoms with Crippen molar-refractivity contribution in [3.8, 4) is 0 Å². The second-order valence-electron chi connectivity index (χ2n) is 5.48. The van der Waals surface area contributed by atoms with Gasteiger partial charge in [0, 0.05) is 17.1 Å². The summed E-state index contributed by atoms with van der Waals surface area (Å²) in [6.07, 6.45) is 5.79. The third kappa shape index (κ3) is 4.59. The highest BCUT2D eigenvalue weighted by molar-refractivity contribution is 9.10. The highest BCUT2D eigenvalue weighted by atomic mass is 79.9. The summed E-state index contributed by atoms with van der Waals surface area (Å²) in [5.74, 6) is 0. The van der Waals surface area contributed by atoms with Crippen molar-refractivity contribution in [2.45, 2.75) is 44.4 Å². The Labute approximate surface area is 151 Å². The predicted molar refractivity (Wildman–Crippen MR) is 98.2 cm³/mol. The molecule has 1 aromatic heterocycles. The van der Waals surface area contributed by atoms with E-state index in [2.05, 4.69) is 36.9 Å². The fraction of sp³-hybridized carbons (Fsp3) is 0.533. The van der Waals surface area contributed by atoms with Gasteiger partial charge in [-0.1, -0.05) is 15.9 Å². The third-order valence-corrected chi connectivity index (χ3v) is 4.54. The average molecular weight is 411 g/mol. The lowest BCUT2D eigenvalue weighted by Crippen LogP contribution is -2.44. The Hall–Kier alpha value is -0.330. The average Bonchev–Trinajstić information content (AvgIpc) is 2.83. The lowest BCUT2D eigenvalue weighted by molar-refractivity contribution is 0.0909. The van der Waals surface area contributed by atoms with Crippen molar-refractivity contribution >= 4 is 51.8 Å². The molecule has 0 amide bonds. The highest BCUT2D eigenvalue weighted by Crippen LogP contribution is 2.20. The molecule has 2 N–H and O–H groups in total. The maximum absolute atomic E-state index is 9.95. The van der Waals surface area contributed by atoms with Crippen molar-refractivity contribution in [3.63, 3.8) is 0 Å². The molecule has 0 bridgehead atoms. The van der Waals surface area contributed by atoms with E-state index in [1.807, 2.05) is 18.5 Å². The number of aliphatic hydroxyl groups is 1. The van der Waals surface area contributed by atoms with Gasteiger partial charge < -0.3 is 15.0 Å². The first-order valence-corrected chi connectivity index (χ1v) is 8.05. The molecule has 0 unspecified atom stereocenters. The summed E-state index contributed by atoms with van der Waals surface area (Å²) >= 11 is 3.51. The Balaban J connectivity index is 0.00000121. The van der Waals surface area contributed by atoms with Gasteiger partial charge in [0.1, 0.15) is 0 Å². The number of hydrogen-bond donors (Lipinski definition) is 2. The van der Waals surface area contributed by atoms with Crippen LogP contribution in [-0.4, -0.2) is 33.3 Å². The number of imidazole rings is 1. The zero-order valence-electron chi connectivity index (χ0n) is 12.2. The summed E-state index contributed by atoms with van der Waals surface area (Å²) in [5.41, 5.74) is 2.19. The van der Waals surface area contributed by atoms with E-state index in [1.165, 1.54) is 0 Å². The second kappa shape index (κ2) is 9.08. The van der Waals surface area contributed by atoms with E-state index in [0.717, 1.165) is 54.3 Å². The Bertz CT molecular complexity index is 593. The molecule has 0 aliphatic carbocycles. The quantitative estimate of drug-likeness (QED) is 0.810. The number of piperidine rings is 1. The second-order valence-corrected chi connectivity index (χ2v) is 6.40. The van der Waals surface area contributed by atoms with Gasteiger partial charge in [0.25, 0.3) is 0 Å². The van der Waals surface area contributed by atoms with Crippen LogP contribution in [0.15, 0.2) is 29.0 Å². The van der Waals surface area contributed by atoms with Crippen molar-refractivity contribution in [2.75, 3.05) is 6.54 Å². The predicted octanol–water partition coefficient (Wildman–Crippen LogP) is 3.54. The van der Waals surface area contributed by atoms with Gasteiger partial charge in [-0.05, 0) is 50.4 Å². The van der Waals surface area contributed by atoms with Crippen molar-refractivity contribution < 1.29 is 5.11 Å². The van der Waals surface area contributed by atoms with Crippen molar-refractivity contribution in [1.82, 2.24) is 14.9 Å². The zero-order chi connectivity index (χ0) is 13.9.